The summed E-state index contributed by atoms with van der Waals surface area (Å²) in [4.78, 5) is 8.69. The van der Waals surface area contributed by atoms with Crippen molar-refractivity contribution in [3.05, 3.63) is 44.8 Å². The lowest BCUT2D eigenvalue weighted by molar-refractivity contribution is 0.263. The molecule has 0 atom stereocenters. The highest BCUT2D eigenvalue weighted by molar-refractivity contribution is 9.11. The Morgan fingerprint density at radius 3 is 2.46 bits per heavy atom. The molecule has 0 bridgehead atoms. The van der Waals surface area contributed by atoms with E-state index in [1.54, 1.807) is 23.5 Å². The summed E-state index contributed by atoms with van der Waals surface area (Å²) in [5, 5.41) is 0. The predicted octanol–water partition coefficient (Wildman–Crippen LogP) is 4.15. The molecule has 0 N–H and O–H groups in total. The fourth-order valence-corrected chi connectivity index (χ4v) is 5.59. The van der Waals surface area contributed by atoms with Crippen LogP contribution in [0.1, 0.15) is 24.5 Å². The Balaban J connectivity index is 1.93. The Hall–Kier alpha value is -1.26. The monoisotopic (exact) mass is 484 g/mol. The van der Waals surface area contributed by atoms with E-state index in [-0.39, 0.29) is 4.90 Å². The molecule has 0 amide bonds. The molecule has 0 saturated carbocycles. The minimum atomic E-state index is -3.47. The average molecular weight is 485 g/mol. The number of imidazole rings is 1. The Morgan fingerprint density at radius 1 is 1.14 bits per heavy atom. The van der Waals surface area contributed by atoms with Crippen LogP contribution in [0.3, 0.4) is 0 Å². The van der Waals surface area contributed by atoms with Crippen molar-refractivity contribution in [1.82, 2.24) is 18.8 Å². The molecule has 28 heavy (non-hydrogen) atoms. The Bertz CT molecular complexity index is 1070. The van der Waals surface area contributed by atoms with Gasteiger partial charge in [0.15, 0.2) is 0 Å². The van der Waals surface area contributed by atoms with Crippen LogP contribution in [0.4, 0.5) is 0 Å². The van der Waals surface area contributed by atoms with Gasteiger partial charge < -0.3 is 4.57 Å². The van der Waals surface area contributed by atoms with Gasteiger partial charge in [0, 0.05) is 32.1 Å². The van der Waals surface area contributed by atoms with Gasteiger partial charge in [-0.25, -0.2) is 17.7 Å². The van der Waals surface area contributed by atoms with E-state index >= 15 is 0 Å². The number of hydrogen-bond donors (Lipinski definition) is 0. The van der Waals surface area contributed by atoms with Crippen molar-refractivity contribution in [1.29, 1.82) is 0 Å². The smallest absolute Gasteiger partial charge is 0.242 e. The van der Waals surface area contributed by atoms with Crippen molar-refractivity contribution < 1.29 is 8.42 Å². The highest BCUT2D eigenvalue weighted by Crippen LogP contribution is 2.25. The number of hydrogen-bond acceptors (Lipinski definition) is 5. The van der Waals surface area contributed by atoms with Crippen LogP contribution in [0.15, 0.2) is 39.0 Å². The van der Waals surface area contributed by atoms with Gasteiger partial charge in [0.25, 0.3) is 0 Å². The predicted molar refractivity (Wildman–Crippen MR) is 118 cm³/mol. The number of thiophene rings is 1. The molecule has 0 fully saturated rings. The fourth-order valence-electron chi connectivity index (χ4n) is 3.14. The minimum absolute atomic E-state index is 0.271. The van der Waals surface area contributed by atoms with Crippen LogP contribution in [0.5, 0.6) is 0 Å². The fraction of sp³-hybridized carbons (Fsp3) is 0.421. The number of fused-ring (bicyclic) bond motifs is 1. The van der Waals surface area contributed by atoms with Gasteiger partial charge in [-0.05, 0) is 59.7 Å². The second-order valence-corrected chi connectivity index (χ2v) is 11.4. The van der Waals surface area contributed by atoms with Gasteiger partial charge in [-0.3, -0.25) is 4.90 Å². The highest BCUT2D eigenvalue weighted by Gasteiger charge is 2.20. The SMILES string of the molecule is CCN(Cc1ccc(Br)s1)Cc1nc2cc(S(=O)(=O)N(C)C)ccc2n1CC. The molecule has 0 unspecified atom stereocenters. The normalized spacial score (nSPS) is 12.5. The van der Waals surface area contributed by atoms with Gasteiger partial charge in [-0.2, -0.15) is 0 Å². The average Bonchev–Trinajstić information content (AvgIpc) is 3.22. The van der Waals surface area contributed by atoms with Gasteiger partial charge in [0.05, 0.1) is 26.3 Å². The number of halogens is 1. The summed E-state index contributed by atoms with van der Waals surface area (Å²) in [6.45, 7) is 7.49. The lowest BCUT2D eigenvalue weighted by atomic mass is 10.3. The zero-order chi connectivity index (χ0) is 20.5. The van der Waals surface area contributed by atoms with Crippen LogP contribution < -0.4 is 0 Å². The first-order chi connectivity index (χ1) is 13.3. The molecular formula is C19H25BrN4O2S2. The van der Waals surface area contributed by atoms with Crippen LogP contribution in [0.2, 0.25) is 0 Å². The van der Waals surface area contributed by atoms with Gasteiger partial charge in [0.2, 0.25) is 10.0 Å². The molecule has 152 valence electrons. The third-order valence-electron chi connectivity index (χ3n) is 4.71. The van der Waals surface area contributed by atoms with Crippen LogP contribution in [0.25, 0.3) is 11.0 Å². The second kappa shape index (κ2) is 8.62. The molecule has 3 rings (SSSR count). The molecule has 0 aliphatic carbocycles. The van der Waals surface area contributed by atoms with Crippen molar-refractivity contribution in [2.75, 3.05) is 20.6 Å². The van der Waals surface area contributed by atoms with Crippen LogP contribution >= 0.6 is 27.3 Å². The molecule has 0 aliphatic rings. The number of aromatic nitrogens is 2. The second-order valence-electron chi connectivity index (χ2n) is 6.72. The minimum Gasteiger partial charge on any atom is -0.327 e. The van der Waals surface area contributed by atoms with Crippen molar-refractivity contribution in [2.45, 2.75) is 38.4 Å². The summed E-state index contributed by atoms with van der Waals surface area (Å²) in [5.41, 5.74) is 1.68. The Morgan fingerprint density at radius 2 is 1.89 bits per heavy atom. The summed E-state index contributed by atoms with van der Waals surface area (Å²) in [5.74, 6) is 0.953. The maximum Gasteiger partial charge on any atom is 0.242 e. The highest BCUT2D eigenvalue weighted by atomic mass is 79.9. The summed E-state index contributed by atoms with van der Waals surface area (Å²) in [6, 6.07) is 9.40. The van der Waals surface area contributed by atoms with Crippen LogP contribution in [-0.4, -0.2) is 47.8 Å². The Kier molecular flexibility index (Phi) is 6.61. The maximum absolute atomic E-state index is 12.4. The third kappa shape index (κ3) is 4.33. The van der Waals surface area contributed by atoms with Gasteiger partial charge in [0.1, 0.15) is 5.82 Å². The molecular weight excluding hydrogens is 460 g/mol. The number of aryl methyl sites for hydroxylation is 1. The zero-order valence-corrected chi connectivity index (χ0v) is 19.7. The summed E-state index contributed by atoms with van der Waals surface area (Å²) >= 11 is 5.26. The maximum atomic E-state index is 12.4. The first-order valence-electron chi connectivity index (χ1n) is 9.14. The van der Waals surface area contributed by atoms with Gasteiger partial charge in [-0.15, -0.1) is 11.3 Å². The Labute approximate surface area is 179 Å². The summed E-state index contributed by atoms with van der Waals surface area (Å²) in [6.07, 6.45) is 0. The van der Waals surface area contributed by atoms with E-state index in [9.17, 15) is 8.42 Å². The summed E-state index contributed by atoms with van der Waals surface area (Å²) in [7, 11) is -0.395. The van der Waals surface area contributed by atoms with Crippen molar-refractivity contribution >= 4 is 48.3 Å². The molecule has 0 saturated heterocycles. The lowest BCUT2D eigenvalue weighted by Gasteiger charge is -2.19. The molecule has 2 aromatic heterocycles. The first-order valence-corrected chi connectivity index (χ1v) is 12.2. The molecule has 3 aromatic rings. The number of nitrogens with zero attached hydrogens (tertiary/aromatic N) is 4. The lowest BCUT2D eigenvalue weighted by Crippen LogP contribution is -2.24. The number of rotatable bonds is 8. The van der Waals surface area contributed by atoms with E-state index in [1.165, 1.54) is 23.3 Å². The standard InChI is InChI=1S/C19H25BrN4O2S2/c1-5-23(12-14-7-10-18(20)27-14)13-19-21-16-11-15(28(25,26)22(3)4)8-9-17(16)24(19)6-2/h7-11H,5-6,12-13H2,1-4H3. The van der Waals surface area contributed by atoms with Crippen molar-refractivity contribution in [3.8, 4) is 0 Å². The van der Waals surface area contributed by atoms with Crippen molar-refractivity contribution in [2.24, 2.45) is 0 Å². The van der Waals surface area contributed by atoms with E-state index in [1.807, 2.05) is 6.07 Å². The third-order valence-corrected chi connectivity index (χ3v) is 8.13. The first kappa shape index (κ1) is 21.4. The zero-order valence-electron chi connectivity index (χ0n) is 16.5. The van der Waals surface area contributed by atoms with E-state index in [0.717, 1.165) is 40.3 Å². The van der Waals surface area contributed by atoms with E-state index in [0.29, 0.717) is 6.54 Å². The van der Waals surface area contributed by atoms with Crippen LogP contribution in [-0.2, 0) is 29.7 Å². The molecule has 0 aliphatic heterocycles. The van der Waals surface area contributed by atoms with Gasteiger partial charge >= 0.3 is 0 Å². The van der Waals surface area contributed by atoms with Crippen LogP contribution in [0, 0.1) is 0 Å². The topological polar surface area (TPSA) is 58.4 Å². The summed E-state index contributed by atoms with van der Waals surface area (Å²) < 4.78 is 29.4. The molecule has 9 heteroatoms. The number of sulfonamides is 1. The van der Waals surface area contributed by atoms with E-state index in [2.05, 4.69) is 51.4 Å². The van der Waals surface area contributed by atoms with E-state index in [4.69, 9.17) is 4.98 Å². The number of benzene rings is 1. The largest absolute Gasteiger partial charge is 0.327 e. The van der Waals surface area contributed by atoms with Crippen molar-refractivity contribution in [3.63, 3.8) is 0 Å². The molecule has 0 spiro atoms. The molecule has 2 heterocycles. The molecule has 0 radical (unpaired) electrons. The molecule has 6 nitrogen and oxygen atoms in total. The molecule has 1 aromatic carbocycles. The van der Waals surface area contributed by atoms with E-state index < -0.39 is 10.0 Å². The van der Waals surface area contributed by atoms with Gasteiger partial charge in [-0.1, -0.05) is 6.92 Å². The quantitative estimate of drug-likeness (QED) is 0.481.